The molecule has 3 heterocycles. The van der Waals surface area contributed by atoms with E-state index in [1.54, 1.807) is 12.1 Å². The van der Waals surface area contributed by atoms with Crippen LogP contribution in [-0.4, -0.2) is 41.1 Å². The lowest BCUT2D eigenvalue weighted by molar-refractivity contribution is -0.136. The average molecular weight is 418 g/mol. The van der Waals surface area contributed by atoms with Crippen molar-refractivity contribution in [2.24, 2.45) is 0 Å². The van der Waals surface area contributed by atoms with E-state index in [1.807, 2.05) is 24.3 Å². The van der Waals surface area contributed by atoms with Gasteiger partial charge in [-0.25, -0.2) is 0 Å². The van der Waals surface area contributed by atoms with Crippen LogP contribution in [0.2, 0.25) is 0 Å². The standard InChI is InChI=1S/C23H22N4O4/c24-15-6-7-17-13(11-15)4-2-10-26(17)12-14-3-1-5-16-20(14)23(31)27(22(16)30)18-8-9-19(28)25-21(18)29/h1,3,5-7,11,18H,2,4,8-10,12,24H2,(H,25,28,29). The Kier molecular flexibility index (Phi) is 4.50. The summed E-state index contributed by atoms with van der Waals surface area (Å²) in [4.78, 5) is 53.3. The van der Waals surface area contributed by atoms with Gasteiger partial charge in [0.05, 0.1) is 11.1 Å². The lowest BCUT2D eigenvalue weighted by Crippen LogP contribution is -2.54. The van der Waals surface area contributed by atoms with E-state index in [9.17, 15) is 19.2 Å². The third-order valence-corrected chi connectivity index (χ3v) is 6.23. The van der Waals surface area contributed by atoms with Crippen LogP contribution in [0, 0.1) is 0 Å². The first-order valence-corrected chi connectivity index (χ1v) is 10.4. The average Bonchev–Trinajstić information content (AvgIpc) is 2.99. The molecule has 1 unspecified atom stereocenters. The Hall–Kier alpha value is -3.68. The number of piperidine rings is 1. The first-order valence-electron chi connectivity index (χ1n) is 10.4. The Balaban J connectivity index is 1.47. The first kappa shape index (κ1) is 19.3. The number of carbonyl (C=O) groups is 4. The zero-order valence-electron chi connectivity index (χ0n) is 16.9. The van der Waals surface area contributed by atoms with Crippen molar-refractivity contribution < 1.29 is 19.2 Å². The predicted molar refractivity (Wildman–Crippen MR) is 113 cm³/mol. The molecule has 0 spiro atoms. The second kappa shape index (κ2) is 7.23. The number of hydrogen-bond acceptors (Lipinski definition) is 6. The fourth-order valence-corrected chi connectivity index (χ4v) is 4.78. The SMILES string of the molecule is Nc1ccc2c(c1)CCCN2Cc1cccc2c1C(=O)N(C1CCC(=O)NC1=O)C2=O. The van der Waals surface area contributed by atoms with Gasteiger partial charge in [-0.2, -0.15) is 0 Å². The molecule has 0 bridgehead atoms. The Bertz CT molecular complexity index is 1140. The molecule has 8 heteroatoms. The van der Waals surface area contributed by atoms with Crippen LogP contribution in [0.15, 0.2) is 36.4 Å². The van der Waals surface area contributed by atoms with Gasteiger partial charge >= 0.3 is 0 Å². The second-order valence-electron chi connectivity index (χ2n) is 8.20. The molecular weight excluding hydrogens is 396 g/mol. The molecule has 0 radical (unpaired) electrons. The molecule has 3 aliphatic rings. The molecule has 158 valence electrons. The van der Waals surface area contributed by atoms with E-state index in [0.717, 1.165) is 41.2 Å². The summed E-state index contributed by atoms with van der Waals surface area (Å²) in [6, 6.07) is 10.1. The van der Waals surface area contributed by atoms with Gasteiger partial charge in [0.1, 0.15) is 6.04 Å². The summed E-state index contributed by atoms with van der Waals surface area (Å²) >= 11 is 0. The normalized spacial score (nSPS) is 20.6. The van der Waals surface area contributed by atoms with Gasteiger partial charge in [0.2, 0.25) is 11.8 Å². The number of rotatable bonds is 3. The number of aryl methyl sites for hydroxylation is 1. The fourth-order valence-electron chi connectivity index (χ4n) is 4.78. The number of benzene rings is 2. The Labute approximate surface area is 179 Å². The number of nitrogens with one attached hydrogen (secondary N) is 1. The number of anilines is 2. The van der Waals surface area contributed by atoms with Gasteiger partial charge in [-0.1, -0.05) is 12.1 Å². The van der Waals surface area contributed by atoms with E-state index >= 15 is 0 Å². The monoisotopic (exact) mass is 418 g/mol. The Morgan fingerprint density at radius 1 is 1.03 bits per heavy atom. The molecule has 3 N–H and O–H groups in total. The maximum absolute atomic E-state index is 13.3. The number of nitrogens with two attached hydrogens (primary N) is 1. The zero-order valence-corrected chi connectivity index (χ0v) is 16.9. The van der Waals surface area contributed by atoms with Crippen LogP contribution in [0.25, 0.3) is 0 Å². The van der Waals surface area contributed by atoms with Gasteiger partial charge in [-0.3, -0.25) is 29.4 Å². The van der Waals surface area contributed by atoms with Crippen LogP contribution in [0.5, 0.6) is 0 Å². The van der Waals surface area contributed by atoms with Crippen molar-refractivity contribution in [3.63, 3.8) is 0 Å². The molecule has 3 aliphatic heterocycles. The van der Waals surface area contributed by atoms with Gasteiger partial charge in [-0.05, 0) is 54.7 Å². The number of nitrogens with zero attached hydrogens (tertiary/aromatic N) is 2. The molecule has 31 heavy (non-hydrogen) atoms. The summed E-state index contributed by atoms with van der Waals surface area (Å²) in [7, 11) is 0. The predicted octanol–water partition coefficient (Wildman–Crippen LogP) is 1.62. The summed E-state index contributed by atoms with van der Waals surface area (Å²) in [5, 5.41) is 2.23. The lowest BCUT2D eigenvalue weighted by Gasteiger charge is -2.32. The van der Waals surface area contributed by atoms with Crippen molar-refractivity contribution in [1.29, 1.82) is 0 Å². The highest BCUT2D eigenvalue weighted by atomic mass is 16.2. The molecule has 1 saturated heterocycles. The van der Waals surface area contributed by atoms with Gasteiger partial charge < -0.3 is 10.6 Å². The van der Waals surface area contributed by atoms with Crippen LogP contribution in [0.1, 0.15) is 51.1 Å². The summed E-state index contributed by atoms with van der Waals surface area (Å²) in [5.74, 6) is -1.94. The quantitative estimate of drug-likeness (QED) is 0.579. The van der Waals surface area contributed by atoms with Crippen molar-refractivity contribution >= 4 is 35.0 Å². The van der Waals surface area contributed by atoms with Crippen molar-refractivity contribution in [2.75, 3.05) is 17.2 Å². The molecule has 5 rings (SSSR count). The molecule has 1 atom stereocenters. The third-order valence-electron chi connectivity index (χ3n) is 6.23. The van der Waals surface area contributed by atoms with Crippen molar-refractivity contribution in [2.45, 2.75) is 38.3 Å². The molecule has 2 aromatic rings. The van der Waals surface area contributed by atoms with Crippen LogP contribution >= 0.6 is 0 Å². The highest BCUT2D eigenvalue weighted by molar-refractivity contribution is 6.24. The Morgan fingerprint density at radius 2 is 1.87 bits per heavy atom. The van der Waals surface area contributed by atoms with E-state index in [2.05, 4.69) is 10.2 Å². The molecule has 0 aliphatic carbocycles. The number of carbonyl (C=O) groups excluding carboxylic acids is 4. The largest absolute Gasteiger partial charge is 0.399 e. The van der Waals surface area contributed by atoms with Crippen molar-refractivity contribution in [1.82, 2.24) is 10.2 Å². The van der Waals surface area contributed by atoms with E-state index in [-0.39, 0.29) is 18.7 Å². The van der Waals surface area contributed by atoms with E-state index in [1.165, 1.54) is 5.56 Å². The summed E-state index contributed by atoms with van der Waals surface area (Å²) in [5.41, 5.74) is 10.3. The highest BCUT2D eigenvalue weighted by Gasteiger charge is 2.45. The number of imide groups is 2. The van der Waals surface area contributed by atoms with Crippen LogP contribution in [0.4, 0.5) is 11.4 Å². The summed E-state index contributed by atoms with van der Waals surface area (Å²) in [6.45, 7) is 1.31. The molecule has 2 aromatic carbocycles. The summed E-state index contributed by atoms with van der Waals surface area (Å²) < 4.78 is 0. The minimum atomic E-state index is -0.961. The zero-order chi connectivity index (χ0) is 21.7. The molecule has 1 fully saturated rings. The van der Waals surface area contributed by atoms with E-state index in [0.29, 0.717) is 17.7 Å². The highest BCUT2D eigenvalue weighted by Crippen LogP contribution is 2.34. The van der Waals surface area contributed by atoms with E-state index < -0.39 is 23.8 Å². The number of nitrogen functional groups attached to an aromatic ring is 1. The van der Waals surface area contributed by atoms with Crippen LogP contribution in [-0.2, 0) is 22.6 Å². The van der Waals surface area contributed by atoms with E-state index in [4.69, 9.17) is 5.73 Å². The summed E-state index contributed by atoms with van der Waals surface area (Å²) in [6.07, 6.45) is 2.17. The fraction of sp³-hybridized carbons (Fsp3) is 0.304. The van der Waals surface area contributed by atoms with Gasteiger partial charge in [0.25, 0.3) is 11.8 Å². The number of hydrogen-bond donors (Lipinski definition) is 2. The molecule has 8 nitrogen and oxygen atoms in total. The minimum absolute atomic E-state index is 0.102. The molecular formula is C23H22N4O4. The van der Waals surface area contributed by atoms with Crippen LogP contribution in [0.3, 0.4) is 0 Å². The third kappa shape index (κ3) is 3.15. The van der Waals surface area contributed by atoms with Crippen molar-refractivity contribution in [3.05, 3.63) is 58.7 Å². The Morgan fingerprint density at radius 3 is 2.68 bits per heavy atom. The van der Waals surface area contributed by atoms with Gasteiger partial charge in [0.15, 0.2) is 0 Å². The first-order chi connectivity index (χ1) is 14.9. The maximum atomic E-state index is 13.3. The van der Waals surface area contributed by atoms with Crippen molar-refractivity contribution in [3.8, 4) is 0 Å². The minimum Gasteiger partial charge on any atom is -0.399 e. The maximum Gasteiger partial charge on any atom is 0.262 e. The number of fused-ring (bicyclic) bond motifs is 2. The lowest BCUT2D eigenvalue weighted by atomic mass is 9.98. The second-order valence-corrected chi connectivity index (χ2v) is 8.20. The molecule has 0 saturated carbocycles. The van der Waals surface area contributed by atoms with Crippen LogP contribution < -0.4 is 16.0 Å². The number of amides is 4. The topological polar surface area (TPSA) is 113 Å². The smallest absolute Gasteiger partial charge is 0.262 e. The molecule has 0 aromatic heterocycles. The molecule has 4 amide bonds. The van der Waals surface area contributed by atoms with Gasteiger partial charge in [-0.15, -0.1) is 0 Å². The van der Waals surface area contributed by atoms with Gasteiger partial charge in [0, 0.05) is 30.9 Å².